The first-order chi connectivity index (χ1) is 9.26. The van der Waals surface area contributed by atoms with E-state index in [4.69, 9.17) is 5.73 Å². The molecule has 3 aromatic rings. The topological polar surface area (TPSA) is 69.1 Å². The van der Waals surface area contributed by atoms with Crippen LogP contribution in [0.4, 0.5) is 5.69 Å². The Labute approximate surface area is 114 Å². The molecule has 2 N–H and O–H groups in total. The number of aryl methyl sites for hydroxylation is 1. The second-order valence-corrected chi connectivity index (χ2v) is 5.18. The van der Waals surface area contributed by atoms with Crippen molar-refractivity contribution in [2.24, 2.45) is 0 Å². The lowest BCUT2D eigenvalue weighted by molar-refractivity contribution is 0.822. The van der Waals surface area contributed by atoms with Crippen molar-refractivity contribution in [2.75, 3.05) is 5.73 Å². The highest BCUT2D eigenvalue weighted by Crippen LogP contribution is 2.28. The molecular weight excluding hydrogens is 258 g/mol. The van der Waals surface area contributed by atoms with Gasteiger partial charge in [0.2, 0.25) is 0 Å². The number of hydrogen-bond donors (Lipinski definition) is 1. The van der Waals surface area contributed by atoms with Crippen molar-refractivity contribution in [1.29, 1.82) is 0 Å². The Morgan fingerprint density at radius 1 is 1.26 bits per heavy atom. The molecule has 0 saturated heterocycles. The minimum atomic E-state index is 0.636. The fraction of sp³-hybridized carbons (Fsp3) is 0.154. The lowest BCUT2D eigenvalue weighted by atomic mass is 10.3. The van der Waals surface area contributed by atoms with Crippen LogP contribution in [-0.4, -0.2) is 19.6 Å². The molecular formula is C13H13N5S. The van der Waals surface area contributed by atoms with Gasteiger partial charge in [-0.1, -0.05) is 18.7 Å². The largest absolute Gasteiger partial charge is 0.399 e. The first-order valence-electron chi connectivity index (χ1n) is 5.99. The van der Waals surface area contributed by atoms with E-state index in [0.29, 0.717) is 5.78 Å². The zero-order valence-electron chi connectivity index (χ0n) is 10.4. The van der Waals surface area contributed by atoms with Gasteiger partial charge in [0.1, 0.15) is 11.4 Å². The Kier molecular flexibility index (Phi) is 3.08. The van der Waals surface area contributed by atoms with Crippen molar-refractivity contribution in [2.45, 2.75) is 23.3 Å². The first-order valence-corrected chi connectivity index (χ1v) is 6.81. The van der Waals surface area contributed by atoms with Crippen LogP contribution in [0.3, 0.4) is 0 Å². The Balaban J connectivity index is 2.03. The van der Waals surface area contributed by atoms with E-state index in [0.717, 1.165) is 27.7 Å². The number of aromatic nitrogens is 4. The number of nitrogen functional groups attached to an aromatic ring is 1. The van der Waals surface area contributed by atoms with Crippen LogP contribution in [0.5, 0.6) is 0 Å². The highest BCUT2D eigenvalue weighted by Gasteiger charge is 2.08. The molecule has 96 valence electrons. The fourth-order valence-corrected chi connectivity index (χ4v) is 2.67. The maximum absolute atomic E-state index is 5.69. The average molecular weight is 271 g/mol. The van der Waals surface area contributed by atoms with Crippen LogP contribution in [0.1, 0.15) is 12.6 Å². The van der Waals surface area contributed by atoms with Crippen LogP contribution < -0.4 is 5.73 Å². The molecule has 1 aromatic carbocycles. The standard InChI is InChI=1S/C13H13N5S/c1-2-10-7-12(18-13(17-10)15-8-16-18)19-11-5-3-9(14)4-6-11/h3-8H,2,14H2,1H3. The quantitative estimate of drug-likeness (QED) is 0.585. The van der Waals surface area contributed by atoms with E-state index in [9.17, 15) is 0 Å². The van der Waals surface area contributed by atoms with Gasteiger partial charge in [0.15, 0.2) is 0 Å². The number of nitrogens with zero attached hydrogens (tertiary/aromatic N) is 4. The van der Waals surface area contributed by atoms with E-state index in [2.05, 4.69) is 22.0 Å². The zero-order chi connectivity index (χ0) is 13.2. The van der Waals surface area contributed by atoms with Gasteiger partial charge in [0.05, 0.1) is 0 Å². The Hall–Kier alpha value is -2.08. The molecule has 3 rings (SSSR count). The summed E-state index contributed by atoms with van der Waals surface area (Å²) in [5, 5.41) is 5.21. The van der Waals surface area contributed by atoms with Gasteiger partial charge in [-0.15, -0.1) is 0 Å². The minimum Gasteiger partial charge on any atom is -0.399 e. The van der Waals surface area contributed by atoms with Crippen LogP contribution in [0.25, 0.3) is 5.78 Å². The normalized spacial score (nSPS) is 11.0. The molecule has 0 unspecified atom stereocenters. The van der Waals surface area contributed by atoms with Gasteiger partial charge in [0.25, 0.3) is 5.78 Å². The molecule has 0 saturated carbocycles. The summed E-state index contributed by atoms with van der Waals surface area (Å²) in [6.45, 7) is 2.08. The third kappa shape index (κ3) is 2.39. The summed E-state index contributed by atoms with van der Waals surface area (Å²) >= 11 is 1.62. The van der Waals surface area contributed by atoms with Crippen LogP contribution in [-0.2, 0) is 6.42 Å². The Bertz CT molecular complexity index is 705. The van der Waals surface area contributed by atoms with Crippen molar-refractivity contribution in [3.63, 3.8) is 0 Å². The molecule has 19 heavy (non-hydrogen) atoms. The number of nitrogens with two attached hydrogens (primary N) is 1. The molecule has 0 radical (unpaired) electrons. The van der Waals surface area contributed by atoms with Gasteiger partial charge in [-0.05, 0) is 36.8 Å². The molecule has 0 atom stereocenters. The summed E-state index contributed by atoms with van der Waals surface area (Å²) in [6.07, 6.45) is 2.40. The van der Waals surface area contributed by atoms with Gasteiger partial charge in [-0.25, -0.2) is 4.98 Å². The smallest absolute Gasteiger partial charge is 0.253 e. The average Bonchev–Trinajstić information content (AvgIpc) is 2.89. The van der Waals surface area contributed by atoms with E-state index >= 15 is 0 Å². The number of benzene rings is 1. The summed E-state index contributed by atoms with van der Waals surface area (Å²) in [5.41, 5.74) is 7.47. The van der Waals surface area contributed by atoms with Gasteiger partial charge in [-0.3, -0.25) is 0 Å². The monoisotopic (exact) mass is 271 g/mol. The predicted molar refractivity (Wildman–Crippen MR) is 75.1 cm³/mol. The van der Waals surface area contributed by atoms with Gasteiger partial charge >= 0.3 is 0 Å². The molecule has 0 aliphatic rings. The van der Waals surface area contributed by atoms with Crippen molar-refractivity contribution in [1.82, 2.24) is 19.6 Å². The lowest BCUT2D eigenvalue weighted by Gasteiger charge is -2.06. The van der Waals surface area contributed by atoms with Gasteiger partial charge in [0, 0.05) is 16.3 Å². The lowest BCUT2D eigenvalue weighted by Crippen LogP contribution is -1.99. The zero-order valence-corrected chi connectivity index (χ0v) is 11.3. The van der Waals surface area contributed by atoms with Gasteiger partial charge < -0.3 is 5.73 Å². The number of hydrogen-bond acceptors (Lipinski definition) is 5. The molecule has 0 bridgehead atoms. The molecule has 0 aliphatic carbocycles. The second kappa shape index (κ2) is 4.89. The summed E-state index contributed by atoms with van der Waals surface area (Å²) in [5.74, 6) is 0.636. The van der Waals surface area contributed by atoms with E-state index in [1.165, 1.54) is 6.33 Å². The van der Waals surface area contributed by atoms with Crippen LogP contribution in [0.15, 0.2) is 46.6 Å². The molecule has 0 aliphatic heterocycles. The van der Waals surface area contributed by atoms with E-state index in [1.54, 1.807) is 16.3 Å². The SMILES string of the molecule is CCc1cc(Sc2ccc(N)cc2)n2ncnc2n1. The van der Waals surface area contributed by atoms with Crippen molar-refractivity contribution in [3.8, 4) is 0 Å². The second-order valence-electron chi connectivity index (χ2n) is 4.08. The molecule has 0 spiro atoms. The van der Waals surface area contributed by atoms with Crippen LogP contribution in [0, 0.1) is 0 Å². The highest BCUT2D eigenvalue weighted by molar-refractivity contribution is 7.99. The fourth-order valence-electron chi connectivity index (χ4n) is 1.74. The maximum Gasteiger partial charge on any atom is 0.253 e. The summed E-state index contributed by atoms with van der Waals surface area (Å²) in [6, 6.07) is 9.82. The minimum absolute atomic E-state index is 0.636. The van der Waals surface area contributed by atoms with E-state index in [-0.39, 0.29) is 0 Å². The van der Waals surface area contributed by atoms with Crippen molar-refractivity contribution in [3.05, 3.63) is 42.4 Å². The predicted octanol–water partition coefficient (Wildman–Crippen LogP) is 2.42. The van der Waals surface area contributed by atoms with Crippen LogP contribution >= 0.6 is 11.8 Å². The molecule has 2 heterocycles. The number of anilines is 1. The third-order valence-corrected chi connectivity index (χ3v) is 3.74. The number of rotatable bonds is 3. The Morgan fingerprint density at radius 3 is 2.79 bits per heavy atom. The van der Waals surface area contributed by atoms with E-state index < -0.39 is 0 Å². The highest BCUT2D eigenvalue weighted by atomic mass is 32.2. The summed E-state index contributed by atoms with van der Waals surface area (Å²) in [4.78, 5) is 9.69. The first kappa shape index (κ1) is 12.0. The van der Waals surface area contributed by atoms with Crippen molar-refractivity contribution >= 4 is 23.2 Å². The van der Waals surface area contributed by atoms with Crippen molar-refractivity contribution < 1.29 is 0 Å². The molecule has 0 fully saturated rings. The van der Waals surface area contributed by atoms with Gasteiger partial charge in [-0.2, -0.15) is 14.6 Å². The maximum atomic E-state index is 5.69. The molecule has 6 heteroatoms. The Morgan fingerprint density at radius 2 is 2.05 bits per heavy atom. The molecule has 2 aromatic heterocycles. The number of fused-ring (bicyclic) bond motifs is 1. The molecule has 5 nitrogen and oxygen atoms in total. The third-order valence-electron chi connectivity index (χ3n) is 2.74. The van der Waals surface area contributed by atoms with E-state index in [1.807, 2.05) is 30.3 Å². The summed E-state index contributed by atoms with van der Waals surface area (Å²) in [7, 11) is 0. The molecule has 0 amide bonds. The van der Waals surface area contributed by atoms with Crippen LogP contribution in [0.2, 0.25) is 0 Å². The summed E-state index contributed by atoms with van der Waals surface area (Å²) < 4.78 is 1.75.